The van der Waals surface area contributed by atoms with Gasteiger partial charge in [-0.2, -0.15) is 0 Å². The van der Waals surface area contributed by atoms with Crippen LogP contribution in [0.3, 0.4) is 0 Å². The molecule has 1 unspecified atom stereocenters. The van der Waals surface area contributed by atoms with Crippen molar-refractivity contribution in [1.82, 2.24) is 14.9 Å². The van der Waals surface area contributed by atoms with E-state index in [1.54, 1.807) is 7.05 Å². The number of aryl methyl sites for hydroxylation is 1. The maximum atomic E-state index is 11.8. The first-order valence-electron chi connectivity index (χ1n) is 5.83. The number of imidazole rings is 1. The third-order valence-corrected chi connectivity index (χ3v) is 3.29. The molecule has 0 saturated heterocycles. The van der Waals surface area contributed by atoms with Crippen LogP contribution in [-0.4, -0.2) is 22.5 Å². The Balaban J connectivity index is 2.65. The molecule has 5 heteroatoms. The first-order chi connectivity index (χ1) is 8.58. The van der Waals surface area contributed by atoms with Crippen LogP contribution in [0.4, 0.5) is 0 Å². The zero-order valence-electron chi connectivity index (χ0n) is 10.7. The monoisotopic (exact) mass is 265 g/mol. The first-order valence-corrected chi connectivity index (χ1v) is 6.37. The minimum Gasteiger partial charge on any atom is -0.357 e. The summed E-state index contributed by atoms with van der Waals surface area (Å²) in [5, 5.41) is 2.65. The Kier molecular flexibility index (Phi) is 3.57. The largest absolute Gasteiger partial charge is 0.357 e. The fourth-order valence-corrected chi connectivity index (χ4v) is 2.29. The minimum absolute atomic E-state index is 0.0535. The van der Waals surface area contributed by atoms with Gasteiger partial charge in [0.2, 0.25) is 5.91 Å². The first kappa shape index (κ1) is 12.9. The van der Waals surface area contributed by atoms with E-state index in [9.17, 15) is 4.79 Å². The number of amides is 1. The zero-order valence-corrected chi connectivity index (χ0v) is 11.5. The molecule has 1 amide bonds. The molecule has 4 nitrogen and oxygen atoms in total. The lowest BCUT2D eigenvalue weighted by Gasteiger charge is -2.15. The summed E-state index contributed by atoms with van der Waals surface area (Å²) in [6, 6.07) is 5.66. The summed E-state index contributed by atoms with van der Waals surface area (Å²) in [6.07, 6.45) is 0. The second-order valence-electron chi connectivity index (χ2n) is 4.31. The molecular weight excluding hydrogens is 250 g/mol. The molecule has 0 radical (unpaired) electrons. The number of rotatable bonds is 3. The van der Waals surface area contributed by atoms with Crippen molar-refractivity contribution < 1.29 is 4.79 Å². The van der Waals surface area contributed by atoms with Gasteiger partial charge >= 0.3 is 0 Å². The van der Waals surface area contributed by atoms with Gasteiger partial charge in [-0.1, -0.05) is 6.07 Å². The summed E-state index contributed by atoms with van der Waals surface area (Å²) in [5.74, 6) is 0.949. The van der Waals surface area contributed by atoms with E-state index in [0.717, 1.165) is 16.6 Å². The molecule has 0 aliphatic carbocycles. The van der Waals surface area contributed by atoms with Gasteiger partial charge < -0.3 is 9.88 Å². The predicted molar refractivity (Wildman–Crippen MR) is 72.8 cm³/mol. The summed E-state index contributed by atoms with van der Waals surface area (Å²) < 4.78 is 1.90. The molecule has 1 heterocycles. The van der Waals surface area contributed by atoms with Crippen molar-refractivity contribution in [2.24, 2.45) is 0 Å². The fourth-order valence-electron chi connectivity index (χ4n) is 2.11. The normalized spacial score (nSPS) is 12.7. The smallest absolute Gasteiger partial charge is 0.242 e. The number of hydrogen-bond donors (Lipinski definition) is 1. The summed E-state index contributed by atoms with van der Waals surface area (Å²) in [7, 11) is 1.63. The molecule has 96 valence electrons. The number of likely N-dealkylation sites (N-methyl/N-ethyl adjacent to an activating group) is 1. The molecule has 1 aromatic heterocycles. The van der Waals surface area contributed by atoms with E-state index < -0.39 is 0 Å². The van der Waals surface area contributed by atoms with Crippen molar-refractivity contribution in [2.45, 2.75) is 25.8 Å². The van der Waals surface area contributed by atoms with Crippen molar-refractivity contribution in [3.63, 3.8) is 0 Å². The summed E-state index contributed by atoms with van der Waals surface area (Å²) in [5.41, 5.74) is 2.95. The number of fused-ring (bicyclic) bond motifs is 1. The second-order valence-corrected chi connectivity index (χ2v) is 4.58. The fraction of sp³-hybridized carbons (Fsp3) is 0.385. The van der Waals surface area contributed by atoms with E-state index in [2.05, 4.69) is 10.3 Å². The number of halogens is 1. The molecule has 1 N–H and O–H groups in total. The van der Waals surface area contributed by atoms with Crippen LogP contribution >= 0.6 is 11.6 Å². The molecule has 0 fully saturated rings. The van der Waals surface area contributed by atoms with Crippen LogP contribution in [0.15, 0.2) is 18.2 Å². The van der Waals surface area contributed by atoms with Gasteiger partial charge in [0.15, 0.2) is 0 Å². The van der Waals surface area contributed by atoms with Crippen molar-refractivity contribution in [3.05, 3.63) is 29.6 Å². The summed E-state index contributed by atoms with van der Waals surface area (Å²) in [4.78, 5) is 16.3. The Bertz CT molecular complexity index is 591. The molecule has 0 spiro atoms. The van der Waals surface area contributed by atoms with Crippen molar-refractivity contribution >= 4 is 28.5 Å². The Morgan fingerprint density at radius 3 is 2.89 bits per heavy atom. The number of nitrogens with one attached hydrogen (secondary N) is 1. The maximum Gasteiger partial charge on any atom is 0.242 e. The lowest BCUT2D eigenvalue weighted by atomic mass is 10.2. The molecule has 1 atom stereocenters. The molecule has 0 aliphatic heterocycles. The number of aromatic nitrogens is 2. The van der Waals surface area contributed by atoms with Crippen molar-refractivity contribution in [1.29, 1.82) is 0 Å². The average molecular weight is 266 g/mol. The number of hydrogen-bond acceptors (Lipinski definition) is 2. The van der Waals surface area contributed by atoms with Crippen LogP contribution in [0, 0.1) is 6.92 Å². The van der Waals surface area contributed by atoms with Gasteiger partial charge in [0, 0.05) is 7.05 Å². The Hall–Kier alpha value is -1.55. The van der Waals surface area contributed by atoms with Crippen LogP contribution in [0.1, 0.15) is 24.4 Å². The molecular formula is C13H16ClN3O. The zero-order chi connectivity index (χ0) is 13.3. The summed E-state index contributed by atoms with van der Waals surface area (Å²) >= 11 is 5.92. The highest BCUT2D eigenvalue weighted by molar-refractivity contribution is 6.17. The van der Waals surface area contributed by atoms with Crippen molar-refractivity contribution in [3.8, 4) is 0 Å². The van der Waals surface area contributed by atoms with Gasteiger partial charge in [0.25, 0.3) is 0 Å². The number of carbonyl (C=O) groups is 1. The lowest BCUT2D eigenvalue weighted by Crippen LogP contribution is -2.28. The van der Waals surface area contributed by atoms with E-state index in [-0.39, 0.29) is 17.8 Å². The van der Waals surface area contributed by atoms with E-state index >= 15 is 0 Å². The molecule has 0 bridgehead atoms. The standard InChI is InChI=1S/C13H16ClN3O/c1-8-4-5-10-11(6-8)17(12(7-14)16-10)9(2)13(18)15-3/h4-6,9H,7H2,1-3H3,(H,15,18). The molecule has 18 heavy (non-hydrogen) atoms. The number of alkyl halides is 1. The quantitative estimate of drug-likeness (QED) is 0.867. The predicted octanol–water partition coefficient (Wildman–Crippen LogP) is 2.39. The topological polar surface area (TPSA) is 46.9 Å². The van der Waals surface area contributed by atoms with E-state index in [0.29, 0.717) is 5.82 Å². The lowest BCUT2D eigenvalue weighted by molar-refractivity contribution is -0.123. The third-order valence-electron chi connectivity index (χ3n) is 3.05. The Morgan fingerprint density at radius 1 is 1.56 bits per heavy atom. The Labute approximate surface area is 111 Å². The SMILES string of the molecule is CNC(=O)C(C)n1c(CCl)nc2ccc(C)cc21. The van der Waals surface area contributed by atoms with Crippen molar-refractivity contribution in [2.75, 3.05) is 7.05 Å². The molecule has 2 aromatic rings. The van der Waals surface area contributed by atoms with Crippen LogP contribution in [0.25, 0.3) is 11.0 Å². The number of benzene rings is 1. The van der Waals surface area contributed by atoms with Crippen LogP contribution in [0.2, 0.25) is 0 Å². The van der Waals surface area contributed by atoms with Gasteiger partial charge in [0.05, 0.1) is 16.9 Å². The highest BCUT2D eigenvalue weighted by Crippen LogP contribution is 2.23. The molecule has 2 rings (SSSR count). The van der Waals surface area contributed by atoms with Crippen LogP contribution < -0.4 is 5.32 Å². The number of nitrogens with zero attached hydrogens (tertiary/aromatic N) is 2. The minimum atomic E-state index is -0.324. The number of carbonyl (C=O) groups excluding carboxylic acids is 1. The summed E-state index contributed by atoms with van der Waals surface area (Å²) in [6.45, 7) is 3.86. The van der Waals surface area contributed by atoms with Crippen LogP contribution in [-0.2, 0) is 10.7 Å². The highest BCUT2D eigenvalue weighted by atomic mass is 35.5. The maximum absolute atomic E-state index is 11.8. The third kappa shape index (κ3) is 2.08. The van der Waals surface area contributed by atoms with Crippen LogP contribution in [0.5, 0.6) is 0 Å². The van der Waals surface area contributed by atoms with Gasteiger partial charge in [-0.05, 0) is 31.5 Å². The molecule has 0 saturated carbocycles. The van der Waals surface area contributed by atoms with Gasteiger partial charge in [-0.15, -0.1) is 11.6 Å². The highest BCUT2D eigenvalue weighted by Gasteiger charge is 2.20. The van der Waals surface area contributed by atoms with E-state index in [1.807, 2.05) is 36.6 Å². The average Bonchev–Trinajstić information content (AvgIpc) is 2.74. The molecule has 1 aromatic carbocycles. The Morgan fingerprint density at radius 2 is 2.28 bits per heavy atom. The van der Waals surface area contributed by atoms with E-state index in [4.69, 9.17) is 11.6 Å². The van der Waals surface area contributed by atoms with Gasteiger partial charge in [0.1, 0.15) is 11.9 Å². The van der Waals surface area contributed by atoms with E-state index in [1.165, 1.54) is 0 Å². The second kappa shape index (κ2) is 4.98. The van der Waals surface area contributed by atoms with Gasteiger partial charge in [-0.25, -0.2) is 4.98 Å². The van der Waals surface area contributed by atoms with Gasteiger partial charge in [-0.3, -0.25) is 4.79 Å². The molecule has 0 aliphatic rings.